The van der Waals surface area contributed by atoms with E-state index in [-0.39, 0.29) is 0 Å². The van der Waals surface area contributed by atoms with Crippen LogP contribution in [-0.4, -0.2) is 16.1 Å². The maximum absolute atomic E-state index is 5.72. The summed E-state index contributed by atoms with van der Waals surface area (Å²) in [5.74, 6) is 0.834. The molecule has 4 nitrogen and oxygen atoms in total. The summed E-state index contributed by atoms with van der Waals surface area (Å²) in [6, 6.07) is 16.4. The molecule has 4 heteroatoms. The summed E-state index contributed by atoms with van der Waals surface area (Å²) < 4.78 is 2.12. The molecule has 3 rings (SSSR count). The van der Waals surface area contributed by atoms with Crippen LogP contribution in [0.15, 0.2) is 48.5 Å². The van der Waals surface area contributed by atoms with Crippen molar-refractivity contribution in [3.05, 3.63) is 54.1 Å². The van der Waals surface area contributed by atoms with Gasteiger partial charge in [-0.15, -0.1) is 0 Å². The van der Waals surface area contributed by atoms with E-state index < -0.39 is 0 Å². The van der Waals surface area contributed by atoms with Crippen LogP contribution in [-0.2, 0) is 6.54 Å². The fourth-order valence-electron chi connectivity index (χ4n) is 2.29. The molecule has 0 amide bonds. The van der Waals surface area contributed by atoms with Gasteiger partial charge in [0.2, 0.25) is 5.95 Å². The Hall–Kier alpha value is -2.33. The van der Waals surface area contributed by atoms with Crippen molar-refractivity contribution in [2.24, 2.45) is 5.73 Å². The average Bonchev–Trinajstić information content (AvgIpc) is 2.80. The van der Waals surface area contributed by atoms with Gasteiger partial charge >= 0.3 is 0 Å². The highest BCUT2D eigenvalue weighted by Crippen LogP contribution is 2.22. The van der Waals surface area contributed by atoms with Crippen molar-refractivity contribution in [3.8, 4) is 0 Å². The summed E-state index contributed by atoms with van der Waals surface area (Å²) in [7, 11) is 0. The minimum absolute atomic E-state index is 0.586. The van der Waals surface area contributed by atoms with Crippen molar-refractivity contribution in [3.63, 3.8) is 0 Å². The number of imidazole rings is 1. The van der Waals surface area contributed by atoms with Crippen LogP contribution in [0.5, 0.6) is 0 Å². The number of nitrogens with zero attached hydrogens (tertiary/aromatic N) is 2. The number of aryl methyl sites for hydroxylation is 1. The van der Waals surface area contributed by atoms with E-state index in [4.69, 9.17) is 5.73 Å². The second-order valence-electron chi connectivity index (χ2n) is 4.86. The minimum Gasteiger partial charge on any atom is -0.329 e. The molecule has 20 heavy (non-hydrogen) atoms. The van der Waals surface area contributed by atoms with Gasteiger partial charge in [-0.3, -0.25) is 0 Å². The fourth-order valence-corrected chi connectivity index (χ4v) is 2.29. The first-order valence-corrected chi connectivity index (χ1v) is 6.77. The largest absolute Gasteiger partial charge is 0.329 e. The van der Waals surface area contributed by atoms with Gasteiger partial charge in [0.05, 0.1) is 11.0 Å². The molecular weight excluding hydrogens is 248 g/mol. The standard InChI is InChI=1S/C16H18N4/c1-12-6-8-13(9-7-12)18-16-19-14-4-2-3-5-15(14)20(16)11-10-17/h2-9H,10-11,17H2,1H3,(H,18,19). The fraction of sp³-hybridized carbons (Fsp3) is 0.188. The van der Waals surface area contributed by atoms with Crippen LogP contribution in [0.1, 0.15) is 5.56 Å². The van der Waals surface area contributed by atoms with Crippen LogP contribution in [0.4, 0.5) is 11.6 Å². The number of hydrogen-bond acceptors (Lipinski definition) is 3. The first-order valence-electron chi connectivity index (χ1n) is 6.77. The summed E-state index contributed by atoms with van der Waals surface area (Å²) in [5, 5.41) is 3.37. The van der Waals surface area contributed by atoms with E-state index in [1.54, 1.807) is 0 Å². The lowest BCUT2D eigenvalue weighted by Gasteiger charge is -2.09. The van der Waals surface area contributed by atoms with Gasteiger partial charge in [0.25, 0.3) is 0 Å². The van der Waals surface area contributed by atoms with E-state index in [1.165, 1.54) is 5.56 Å². The molecule has 1 aromatic heterocycles. The molecule has 1 heterocycles. The zero-order valence-corrected chi connectivity index (χ0v) is 11.5. The number of rotatable bonds is 4. The Morgan fingerprint density at radius 3 is 2.60 bits per heavy atom. The zero-order valence-electron chi connectivity index (χ0n) is 11.5. The molecule has 0 aliphatic carbocycles. The van der Waals surface area contributed by atoms with E-state index in [1.807, 2.05) is 18.2 Å². The maximum Gasteiger partial charge on any atom is 0.208 e. The van der Waals surface area contributed by atoms with Crippen molar-refractivity contribution in [1.82, 2.24) is 9.55 Å². The highest BCUT2D eigenvalue weighted by molar-refractivity contribution is 5.79. The van der Waals surface area contributed by atoms with Crippen LogP contribution >= 0.6 is 0 Å². The van der Waals surface area contributed by atoms with E-state index in [0.717, 1.165) is 29.2 Å². The van der Waals surface area contributed by atoms with Gasteiger partial charge in [-0.25, -0.2) is 4.98 Å². The van der Waals surface area contributed by atoms with Crippen LogP contribution < -0.4 is 11.1 Å². The van der Waals surface area contributed by atoms with Crippen LogP contribution in [0, 0.1) is 6.92 Å². The highest BCUT2D eigenvalue weighted by atomic mass is 15.2. The third-order valence-electron chi connectivity index (χ3n) is 3.31. The Bertz CT molecular complexity index is 713. The third-order valence-corrected chi connectivity index (χ3v) is 3.31. The second kappa shape index (κ2) is 5.35. The van der Waals surface area contributed by atoms with Gasteiger partial charge in [0, 0.05) is 18.8 Å². The Morgan fingerprint density at radius 1 is 1.10 bits per heavy atom. The van der Waals surface area contributed by atoms with E-state index in [9.17, 15) is 0 Å². The topological polar surface area (TPSA) is 55.9 Å². The molecule has 0 saturated heterocycles. The normalized spacial score (nSPS) is 10.9. The Balaban J connectivity index is 2.01. The predicted molar refractivity (Wildman–Crippen MR) is 83.2 cm³/mol. The molecular formula is C16H18N4. The number of nitrogens with one attached hydrogen (secondary N) is 1. The van der Waals surface area contributed by atoms with Gasteiger partial charge in [0.15, 0.2) is 0 Å². The molecule has 3 aromatic rings. The number of fused-ring (bicyclic) bond motifs is 1. The van der Waals surface area contributed by atoms with E-state index in [0.29, 0.717) is 6.54 Å². The molecule has 0 spiro atoms. The molecule has 0 atom stereocenters. The lowest BCUT2D eigenvalue weighted by atomic mass is 10.2. The third kappa shape index (κ3) is 2.38. The van der Waals surface area contributed by atoms with Crippen molar-refractivity contribution in [2.45, 2.75) is 13.5 Å². The minimum atomic E-state index is 0.586. The smallest absolute Gasteiger partial charge is 0.208 e. The number of para-hydroxylation sites is 2. The molecule has 0 radical (unpaired) electrons. The van der Waals surface area contributed by atoms with E-state index in [2.05, 4.69) is 52.1 Å². The molecule has 0 aliphatic heterocycles. The monoisotopic (exact) mass is 266 g/mol. The molecule has 2 aromatic carbocycles. The summed E-state index contributed by atoms with van der Waals surface area (Å²) in [4.78, 5) is 4.65. The number of aromatic nitrogens is 2. The van der Waals surface area contributed by atoms with Crippen LogP contribution in [0.25, 0.3) is 11.0 Å². The lowest BCUT2D eigenvalue weighted by molar-refractivity contribution is 0.736. The summed E-state index contributed by atoms with van der Waals surface area (Å²) >= 11 is 0. The van der Waals surface area contributed by atoms with Crippen molar-refractivity contribution < 1.29 is 0 Å². The molecule has 0 aliphatic rings. The Labute approximate surface area is 118 Å². The first kappa shape index (κ1) is 12.7. The van der Waals surface area contributed by atoms with Gasteiger partial charge in [-0.05, 0) is 31.2 Å². The summed E-state index contributed by atoms with van der Waals surface area (Å²) in [5.41, 5.74) is 10.1. The lowest BCUT2D eigenvalue weighted by Crippen LogP contribution is -2.12. The molecule has 0 saturated carbocycles. The van der Waals surface area contributed by atoms with Crippen LogP contribution in [0.2, 0.25) is 0 Å². The first-order chi connectivity index (χ1) is 9.78. The van der Waals surface area contributed by atoms with Crippen molar-refractivity contribution >= 4 is 22.7 Å². The quantitative estimate of drug-likeness (QED) is 0.763. The van der Waals surface area contributed by atoms with Gasteiger partial charge in [-0.2, -0.15) is 0 Å². The second-order valence-corrected chi connectivity index (χ2v) is 4.86. The SMILES string of the molecule is Cc1ccc(Nc2nc3ccccc3n2CCN)cc1. The van der Waals surface area contributed by atoms with Crippen molar-refractivity contribution in [1.29, 1.82) is 0 Å². The Kier molecular flexibility index (Phi) is 3.39. The van der Waals surface area contributed by atoms with Crippen molar-refractivity contribution in [2.75, 3.05) is 11.9 Å². The summed E-state index contributed by atoms with van der Waals surface area (Å²) in [6.45, 7) is 3.41. The van der Waals surface area contributed by atoms with E-state index >= 15 is 0 Å². The highest BCUT2D eigenvalue weighted by Gasteiger charge is 2.09. The molecule has 0 unspecified atom stereocenters. The van der Waals surface area contributed by atoms with Gasteiger partial charge < -0.3 is 15.6 Å². The molecule has 0 fully saturated rings. The Morgan fingerprint density at radius 2 is 1.85 bits per heavy atom. The maximum atomic E-state index is 5.72. The average molecular weight is 266 g/mol. The number of hydrogen-bond donors (Lipinski definition) is 2. The van der Waals surface area contributed by atoms with Gasteiger partial charge in [-0.1, -0.05) is 29.8 Å². The summed E-state index contributed by atoms with van der Waals surface area (Å²) in [6.07, 6.45) is 0. The number of nitrogens with two attached hydrogens (primary N) is 1. The number of anilines is 2. The molecule has 102 valence electrons. The van der Waals surface area contributed by atoms with Crippen LogP contribution in [0.3, 0.4) is 0 Å². The van der Waals surface area contributed by atoms with Gasteiger partial charge in [0.1, 0.15) is 0 Å². The molecule has 3 N–H and O–H groups in total. The predicted octanol–water partition coefficient (Wildman–Crippen LogP) is 3.05. The number of benzene rings is 2. The zero-order chi connectivity index (χ0) is 13.9. The molecule has 0 bridgehead atoms.